The highest BCUT2D eigenvalue weighted by Crippen LogP contribution is 2.17. The molecule has 0 bridgehead atoms. The van der Waals surface area contributed by atoms with Gasteiger partial charge >= 0.3 is 12.0 Å². The number of carbonyl (C=O) groups excluding carboxylic acids is 1. The highest BCUT2D eigenvalue weighted by atomic mass is 35.5. The van der Waals surface area contributed by atoms with Gasteiger partial charge in [0.1, 0.15) is 0 Å². The molecule has 0 fully saturated rings. The lowest BCUT2D eigenvalue weighted by Gasteiger charge is -2.18. The van der Waals surface area contributed by atoms with Gasteiger partial charge in [-0.25, -0.2) is 14.3 Å². The normalized spacial score (nSPS) is 13.2. The van der Waals surface area contributed by atoms with Crippen molar-refractivity contribution in [1.29, 1.82) is 0 Å². The molecule has 0 saturated carbocycles. The maximum absolute atomic E-state index is 11.8. The Kier molecular flexibility index (Phi) is 5.10. The number of rotatable bonds is 5. The summed E-state index contributed by atoms with van der Waals surface area (Å²) in [5, 5.41) is 28.0. The number of anilines is 1. The van der Waals surface area contributed by atoms with Crippen LogP contribution in [0.15, 0.2) is 30.5 Å². The molecule has 9 heteroatoms. The SMILES string of the molecule is Cc1cn(-c2ccc(Cl)cc2)nc1NC(=O)NCC(C)(O)C(=O)O. The van der Waals surface area contributed by atoms with Gasteiger partial charge in [-0.1, -0.05) is 11.6 Å². The molecule has 0 saturated heterocycles. The van der Waals surface area contributed by atoms with Crippen molar-refractivity contribution in [2.45, 2.75) is 19.4 Å². The van der Waals surface area contributed by atoms with Gasteiger partial charge in [0.15, 0.2) is 11.4 Å². The molecule has 1 aromatic carbocycles. The maximum atomic E-state index is 11.8. The molecule has 2 rings (SSSR count). The van der Waals surface area contributed by atoms with Crippen LogP contribution in [-0.4, -0.2) is 44.1 Å². The van der Waals surface area contributed by atoms with Crippen LogP contribution in [0.2, 0.25) is 5.02 Å². The van der Waals surface area contributed by atoms with Crippen LogP contribution in [0.3, 0.4) is 0 Å². The Morgan fingerprint density at radius 1 is 1.33 bits per heavy atom. The number of carbonyl (C=O) groups is 2. The minimum atomic E-state index is -2.05. The van der Waals surface area contributed by atoms with E-state index in [9.17, 15) is 14.7 Å². The zero-order valence-electron chi connectivity index (χ0n) is 13.1. The van der Waals surface area contributed by atoms with Crippen molar-refractivity contribution in [3.05, 3.63) is 41.0 Å². The average Bonchev–Trinajstić information content (AvgIpc) is 2.87. The van der Waals surface area contributed by atoms with Gasteiger partial charge in [-0.05, 0) is 38.1 Å². The molecule has 4 N–H and O–H groups in total. The Morgan fingerprint density at radius 3 is 2.54 bits per heavy atom. The van der Waals surface area contributed by atoms with Crippen molar-refractivity contribution in [1.82, 2.24) is 15.1 Å². The van der Waals surface area contributed by atoms with Gasteiger partial charge in [0, 0.05) is 16.8 Å². The maximum Gasteiger partial charge on any atom is 0.337 e. The van der Waals surface area contributed by atoms with Crippen LogP contribution < -0.4 is 10.6 Å². The summed E-state index contributed by atoms with van der Waals surface area (Å²) in [5.74, 6) is -1.11. The van der Waals surface area contributed by atoms with E-state index in [1.807, 2.05) is 0 Å². The third-order valence-corrected chi connectivity index (χ3v) is 3.53. The number of amides is 2. The minimum absolute atomic E-state index is 0.317. The standard InChI is InChI=1S/C15H17ClN4O4/c1-9-7-20(11-5-3-10(16)4-6-11)19-12(9)18-14(23)17-8-15(2,24)13(21)22/h3-7,24H,8H2,1-2H3,(H,21,22)(H2,17,18,19,23). The van der Waals surface area contributed by atoms with E-state index in [1.54, 1.807) is 42.1 Å². The number of benzene rings is 1. The highest BCUT2D eigenvalue weighted by molar-refractivity contribution is 6.30. The predicted octanol–water partition coefficient (Wildman–Crippen LogP) is 1.79. The summed E-state index contributed by atoms with van der Waals surface area (Å²) in [6, 6.07) is 6.34. The molecular weight excluding hydrogens is 336 g/mol. The second-order valence-electron chi connectivity index (χ2n) is 5.47. The number of nitrogens with zero attached hydrogens (tertiary/aromatic N) is 2. The number of hydrogen-bond donors (Lipinski definition) is 4. The molecule has 24 heavy (non-hydrogen) atoms. The lowest BCUT2D eigenvalue weighted by atomic mass is 10.1. The molecule has 1 unspecified atom stereocenters. The van der Waals surface area contributed by atoms with Crippen LogP contribution in [0.1, 0.15) is 12.5 Å². The molecule has 0 spiro atoms. The monoisotopic (exact) mass is 352 g/mol. The fourth-order valence-corrected chi connectivity index (χ4v) is 1.92. The lowest BCUT2D eigenvalue weighted by Crippen LogP contribution is -2.47. The highest BCUT2D eigenvalue weighted by Gasteiger charge is 2.30. The van der Waals surface area contributed by atoms with Crippen molar-refractivity contribution >= 4 is 29.4 Å². The number of urea groups is 1. The van der Waals surface area contributed by atoms with Gasteiger partial charge in [0.25, 0.3) is 0 Å². The van der Waals surface area contributed by atoms with Crippen LogP contribution >= 0.6 is 11.6 Å². The van der Waals surface area contributed by atoms with E-state index >= 15 is 0 Å². The zero-order chi connectivity index (χ0) is 17.9. The fourth-order valence-electron chi connectivity index (χ4n) is 1.79. The number of aromatic nitrogens is 2. The quantitative estimate of drug-likeness (QED) is 0.654. The van der Waals surface area contributed by atoms with Gasteiger partial charge in [0.2, 0.25) is 0 Å². The molecule has 0 aliphatic carbocycles. The number of carboxylic acid groups (broad SMARTS) is 1. The van der Waals surface area contributed by atoms with Crippen molar-refractivity contribution in [2.75, 3.05) is 11.9 Å². The Labute approximate surface area is 143 Å². The van der Waals surface area contributed by atoms with Gasteiger partial charge in [0.05, 0.1) is 12.2 Å². The third kappa shape index (κ3) is 4.24. The smallest absolute Gasteiger partial charge is 0.337 e. The van der Waals surface area contributed by atoms with E-state index in [-0.39, 0.29) is 0 Å². The van der Waals surface area contributed by atoms with Gasteiger partial charge in [-0.2, -0.15) is 0 Å². The first-order valence-electron chi connectivity index (χ1n) is 7.02. The number of aryl methyl sites for hydroxylation is 1. The van der Waals surface area contributed by atoms with Crippen LogP contribution in [0.5, 0.6) is 0 Å². The van der Waals surface area contributed by atoms with Crippen LogP contribution in [0.4, 0.5) is 10.6 Å². The van der Waals surface area contributed by atoms with Gasteiger partial charge in [-0.15, -0.1) is 5.10 Å². The molecule has 1 heterocycles. The molecule has 1 aromatic heterocycles. The van der Waals surface area contributed by atoms with Crippen molar-refractivity contribution in [2.24, 2.45) is 0 Å². The molecule has 0 radical (unpaired) electrons. The average molecular weight is 353 g/mol. The fraction of sp³-hybridized carbons (Fsp3) is 0.267. The second kappa shape index (κ2) is 6.90. The number of aliphatic hydroxyl groups is 1. The third-order valence-electron chi connectivity index (χ3n) is 3.27. The predicted molar refractivity (Wildman–Crippen MR) is 88.6 cm³/mol. The first-order chi connectivity index (χ1) is 11.2. The van der Waals surface area contributed by atoms with Gasteiger partial charge in [-0.3, -0.25) is 5.32 Å². The second-order valence-corrected chi connectivity index (χ2v) is 5.90. The summed E-state index contributed by atoms with van der Waals surface area (Å²) in [6.45, 7) is 2.42. The van der Waals surface area contributed by atoms with E-state index in [1.165, 1.54) is 0 Å². The van der Waals surface area contributed by atoms with Gasteiger partial charge < -0.3 is 15.5 Å². The van der Waals surface area contributed by atoms with Crippen molar-refractivity contribution in [3.8, 4) is 5.69 Å². The van der Waals surface area contributed by atoms with Crippen LogP contribution in [-0.2, 0) is 4.79 Å². The summed E-state index contributed by atoms with van der Waals surface area (Å²) in [7, 11) is 0. The molecule has 2 amide bonds. The van der Waals surface area contributed by atoms with E-state index in [0.717, 1.165) is 12.6 Å². The van der Waals surface area contributed by atoms with Crippen LogP contribution in [0.25, 0.3) is 5.69 Å². The summed E-state index contributed by atoms with van der Waals surface area (Å²) in [5.41, 5.74) is -0.565. The number of hydrogen-bond acceptors (Lipinski definition) is 4. The molecule has 2 aromatic rings. The van der Waals surface area contributed by atoms with Crippen molar-refractivity contribution in [3.63, 3.8) is 0 Å². The molecule has 0 aliphatic rings. The summed E-state index contributed by atoms with van der Waals surface area (Å²) in [6.07, 6.45) is 1.73. The molecule has 1 atom stereocenters. The minimum Gasteiger partial charge on any atom is -0.479 e. The zero-order valence-corrected chi connectivity index (χ0v) is 13.8. The summed E-state index contributed by atoms with van der Waals surface area (Å²) in [4.78, 5) is 22.6. The van der Waals surface area contributed by atoms with E-state index in [2.05, 4.69) is 15.7 Å². The van der Waals surface area contributed by atoms with Crippen molar-refractivity contribution < 1.29 is 19.8 Å². The number of halogens is 1. The molecule has 0 aliphatic heterocycles. The van der Waals surface area contributed by atoms with E-state index in [0.29, 0.717) is 16.4 Å². The number of nitrogens with one attached hydrogen (secondary N) is 2. The van der Waals surface area contributed by atoms with E-state index < -0.39 is 24.1 Å². The lowest BCUT2D eigenvalue weighted by molar-refractivity contribution is -0.155. The first kappa shape index (κ1) is 17.8. The summed E-state index contributed by atoms with van der Waals surface area (Å²) >= 11 is 5.84. The number of aliphatic carboxylic acids is 1. The largest absolute Gasteiger partial charge is 0.479 e. The molecule has 128 valence electrons. The Bertz CT molecular complexity index is 755. The number of carboxylic acids is 1. The Balaban J connectivity index is 2.04. The summed E-state index contributed by atoms with van der Waals surface area (Å²) < 4.78 is 1.58. The first-order valence-corrected chi connectivity index (χ1v) is 7.39. The van der Waals surface area contributed by atoms with E-state index in [4.69, 9.17) is 16.7 Å². The van der Waals surface area contributed by atoms with Crippen LogP contribution in [0, 0.1) is 6.92 Å². The Hall–Kier alpha value is -2.58. The Morgan fingerprint density at radius 2 is 1.96 bits per heavy atom. The topological polar surface area (TPSA) is 116 Å². The molecule has 8 nitrogen and oxygen atoms in total. The molecular formula is C15H17ClN4O4.